The van der Waals surface area contributed by atoms with E-state index in [1.54, 1.807) is 0 Å². The standard InChI is InChI=1S/C25H31N3O2/c1-4-24(29)27-12-7-11-23(27)25-26-21-9-5-6-10-22(21)28(25)13-8-14-30-20-16-18(2)15-19(3)17-20/h5-6,9-10,15-17,23H,4,7-8,11-14H2,1-3H3. The van der Waals surface area contributed by atoms with Crippen LogP contribution in [0.5, 0.6) is 5.75 Å². The monoisotopic (exact) mass is 405 g/mol. The molecule has 1 aromatic heterocycles. The minimum absolute atomic E-state index is 0.0743. The van der Waals surface area contributed by atoms with Gasteiger partial charge in [-0.05, 0) is 68.5 Å². The highest BCUT2D eigenvalue weighted by Gasteiger charge is 2.32. The lowest BCUT2D eigenvalue weighted by atomic mass is 10.1. The number of hydrogen-bond acceptors (Lipinski definition) is 3. The summed E-state index contributed by atoms with van der Waals surface area (Å²) in [5.74, 6) is 2.16. The molecule has 1 saturated heterocycles. The van der Waals surface area contributed by atoms with Crippen LogP contribution in [-0.4, -0.2) is 33.5 Å². The first kappa shape index (κ1) is 20.5. The normalized spacial score (nSPS) is 16.4. The molecule has 0 N–H and O–H groups in total. The molecular formula is C25H31N3O2. The molecule has 0 bridgehead atoms. The largest absolute Gasteiger partial charge is 0.494 e. The molecule has 1 atom stereocenters. The molecule has 30 heavy (non-hydrogen) atoms. The van der Waals surface area contributed by atoms with Crippen molar-refractivity contribution in [2.45, 2.75) is 59.0 Å². The molecule has 5 heteroatoms. The number of benzene rings is 2. The summed E-state index contributed by atoms with van der Waals surface area (Å²) in [7, 11) is 0. The number of rotatable bonds is 7. The Morgan fingerprint density at radius 1 is 1.17 bits per heavy atom. The van der Waals surface area contributed by atoms with Crippen LogP contribution in [-0.2, 0) is 11.3 Å². The van der Waals surface area contributed by atoms with Crippen LogP contribution in [0, 0.1) is 13.8 Å². The third kappa shape index (κ3) is 4.20. The number of aryl methyl sites for hydroxylation is 3. The zero-order valence-electron chi connectivity index (χ0n) is 18.2. The van der Waals surface area contributed by atoms with Gasteiger partial charge in [0.2, 0.25) is 5.91 Å². The van der Waals surface area contributed by atoms with E-state index in [-0.39, 0.29) is 11.9 Å². The first-order chi connectivity index (χ1) is 14.6. The van der Waals surface area contributed by atoms with Crippen molar-refractivity contribution in [1.82, 2.24) is 14.5 Å². The number of likely N-dealkylation sites (tertiary alicyclic amines) is 1. The second-order valence-corrected chi connectivity index (χ2v) is 8.23. The number of carbonyl (C=O) groups is 1. The van der Waals surface area contributed by atoms with Crippen LogP contribution in [0.15, 0.2) is 42.5 Å². The molecule has 1 fully saturated rings. The molecule has 2 aromatic carbocycles. The molecule has 0 saturated carbocycles. The third-order valence-electron chi connectivity index (χ3n) is 5.85. The molecule has 1 aliphatic rings. The lowest BCUT2D eigenvalue weighted by Gasteiger charge is -2.25. The summed E-state index contributed by atoms with van der Waals surface area (Å²) in [4.78, 5) is 19.4. The summed E-state index contributed by atoms with van der Waals surface area (Å²) in [6, 6.07) is 14.7. The SMILES string of the molecule is CCC(=O)N1CCCC1c1nc2ccccc2n1CCCOc1cc(C)cc(C)c1. The van der Waals surface area contributed by atoms with Gasteiger partial charge in [-0.1, -0.05) is 25.1 Å². The van der Waals surface area contributed by atoms with E-state index in [9.17, 15) is 4.79 Å². The van der Waals surface area contributed by atoms with E-state index < -0.39 is 0 Å². The van der Waals surface area contributed by atoms with E-state index in [0.29, 0.717) is 13.0 Å². The van der Waals surface area contributed by atoms with Gasteiger partial charge in [0.25, 0.3) is 0 Å². The maximum absolute atomic E-state index is 12.5. The van der Waals surface area contributed by atoms with Crippen molar-refractivity contribution in [1.29, 1.82) is 0 Å². The molecule has 3 aromatic rings. The molecule has 158 valence electrons. The number of carbonyl (C=O) groups excluding carboxylic acids is 1. The van der Waals surface area contributed by atoms with Crippen LogP contribution >= 0.6 is 0 Å². The molecular weight excluding hydrogens is 374 g/mol. The highest BCUT2D eigenvalue weighted by Crippen LogP contribution is 2.34. The molecule has 0 spiro atoms. The number of ether oxygens (including phenoxy) is 1. The van der Waals surface area contributed by atoms with Gasteiger partial charge in [0.15, 0.2) is 0 Å². The Hall–Kier alpha value is -2.82. The van der Waals surface area contributed by atoms with Crippen LogP contribution in [0.1, 0.15) is 55.6 Å². The number of aromatic nitrogens is 2. The van der Waals surface area contributed by atoms with Gasteiger partial charge in [0, 0.05) is 19.5 Å². The molecule has 0 radical (unpaired) electrons. The fraction of sp³-hybridized carbons (Fsp3) is 0.440. The minimum Gasteiger partial charge on any atom is -0.494 e. The van der Waals surface area contributed by atoms with Crippen molar-refractivity contribution < 1.29 is 9.53 Å². The predicted molar refractivity (Wildman–Crippen MR) is 120 cm³/mol. The van der Waals surface area contributed by atoms with Crippen LogP contribution in [0.25, 0.3) is 11.0 Å². The molecule has 0 aliphatic carbocycles. The van der Waals surface area contributed by atoms with Gasteiger partial charge in [-0.3, -0.25) is 4.79 Å². The van der Waals surface area contributed by atoms with E-state index in [1.165, 1.54) is 11.1 Å². The van der Waals surface area contributed by atoms with E-state index in [1.807, 2.05) is 17.9 Å². The van der Waals surface area contributed by atoms with Crippen LogP contribution in [0.3, 0.4) is 0 Å². The summed E-state index contributed by atoms with van der Waals surface area (Å²) in [5, 5.41) is 0. The van der Waals surface area contributed by atoms with Gasteiger partial charge in [0.1, 0.15) is 11.6 Å². The number of amides is 1. The van der Waals surface area contributed by atoms with Crippen molar-refractivity contribution in [2.24, 2.45) is 0 Å². The summed E-state index contributed by atoms with van der Waals surface area (Å²) in [6.07, 6.45) is 3.44. The molecule has 5 nitrogen and oxygen atoms in total. The average molecular weight is 406 g/mol. The number of para-hydroxylation sites is 2. The Morgan fingerprint density at radius 3 is 2.70 bits per heavy atom. The molecule has 4 rings (SSSR count). The lowest BCUT2D eigenvalue weighted by molar-refractivity contribution is -0.131. The smallest absolute Gasteiger partial charge is 0.222 e. The Kier molecular flexibility index (Phi) is 6.07. The van der Waals surface area contributed by atoms with E-state index in [2.05, 4.69) is 54.8 Å². The Bertz CT molecular complexity index is 1020. The van der Waals surface area contributed by atoms with Crippen LogP contribution < -0.4 is 4.74 Å². The summed E-state index contributed by atoms with van der Waals surface area (Å²) in [6.45, 7) is 8.42. The second kappa shape index (κ2) is 8.90. The zero-order chi connectivity index (χ0) is 21.1. The molecule has 1 amide bonds. The number of nitrogens with zero attached hydrogens (tertiary/aromatic N) is 3. The van der Waals surface area contributed by atoms with Crippen molar-refractivity contribution in [2.75, 3.05) is 13.2 Å². The first-order valence-electron chi connectivity index (χ1n) is 11.0. The molecule has 1 unspecified atom stereocenters. The van der Waals surface area contributed by atoms with Crippen LogP contribution in [0.4, 0.5) is 0 Å². The quantitative estimate of drug-likeness (QED) is 0.508. The van der Waals surface area contributed by atoms with Gasteiger partial charge in [0.05, 0.1) is 23.7 Å². The van der Waals surface area contributed by atoms with Crippen LogP contribution in [0.2, 0.25) is 0 Å². The Labute approximate surface area is 178 Å². The fourth-order valence-corrected chi connectivity index (χ4v) is 4.55. The van der Waals surface area contributed by atoms with E-state index in [4.69, 9.17) is 9.72 Å². The first-order valence-corrected chi connectivity index (χ1v) is 11.0. The molecule has 1 aliphatic heterocycles. The maximum atomic E-state index is 12.5. The topological polar surface area (TPSA) is 47.4 Å². The van der Waals surface area contributed by atoms with Crippen molar-refractivity contribution >= 4 is 16.9 Å². The number of hydrogen-bond donors (Lipinski definition) is 0. The fourth-order valence-electron chi connectivity index (χ4n) is 4.55. The lowest BCUT2D eigenvalue weighted by Crippen LogP contribution is -2.31. The number of imidazole rings is 1. The Balaban J connectivity index is 1.52. The van der Waals surface area contributed by atoms with E-state index >= 15 is 0 Å². The maximum Gasteiger partial charge on any atom is 0.222 e. The van der Waals surface area contributed by atoms with E-state index in [0.717, 1.165) is 55.0 Å². The minimum atomic E-state index is 0.0743. The van der Waals surface area contributed by atoms with Gasteiger partial charge in [-0.25, -0.2) is 4.98 Å². The highest BCUT2D eigenvalue weighted by molar-refractivity contribution is 5.78. The third-order valence-corrected chi connectivity index (χ3v) is 5.85. The Morgan fingerprint density at radius 2 is 1.93 bits per heavy atom. The average Bonchev–Trinajstić information content (AvgIpc) is 3.34. The highest BCUT2D eigenvalue weighted by atomic mass is 16.5. The van der Waals surface area contributed by atoms with Crippen molar-refractivity contribution in [3.05, 3.63) is 59.4 Å². The van der Waals surface area contributed by atoms with Gasteiger partial charge in [-0.2, -0.15) is 0 Å². The summed E-state index contributed by atoms with van der Waals surface area (Å²) >= 11 is 0. The van der Waals surface area contributed by atoms with Crippen molar-refractivity contribution in [3.63, 3.8) is 0 Å². The van der Waals surface area contributed by atoms with Gasteiger partial charge >= 0.3 is 0 Å². The molecule has 2 heterocycles. The summed E-state index contributed by atoms with van der Waals surface area (Å²) < 4.78 is 8.32. The van der Waals surface area contributed by atoms with Gasteiger partial charge < -0.3 is 14.2 Å². The zero-order valence-corrected chi connectivity index (χ0v) is 18.2. The van der Waals surface area contributed by atoms with Crippen molar-refractivity contribution in [3.8, 4) is 5.75 Å². The summed E-state index contributed by atoms with van der Waals surface area (Å²) in [5.41, 5.74) is 4.57. The second-order valence-electron chi connectivity index (χ2n) is 8.23. The van der Waals surface area contributed by atoms with Gasteiger partial charge in [-0.15, -0.1) is 0 Å². The predicted octanol–water partition coefficient (Wildman–Crippen LogP) is 5.20. The number of fused-ring (bicyclic) bond motifs is 1.